The zero-order valence-electron chi connectivity index (χ0n) is 17.3. The number of amides is 1. The maximum absolute atomic E-state index is 13.4. The molecule has 0 aromatic heterocycles. The molecule has 0 aliphatic carbocycles. The van der Waals surface area contributed by atoms with E-state index in [1.165, 1.54) is 24.3 Å². The highest BCUT2D eigenvalue weighted by molar-refractivity contribution is 6.30. The van der Waals surface area contributed by atoms with Crippen molar-refractivity contribution in [2.45, 2.75) is 12.5 Å². The zero-order valence-corrected chi connectivity index (χ0v) is 18.1. The molecule has 1 fully saturated rings. The van der Waals surface area contributed by atoms with Crippen LogP contribution in [0.1, 0.15) is 10.4 Å². The van der Waals surface area contributed by atoms with E-state index in [4.69, 9.17) is 16.3 Å². The first-order chi connectivity index (χ1) is 15.6. The topological polar surface area (TPSA) is 74.3 Å². The smallest absolute Gasteiger partial charge is 0.491 e. The molecule has 3 rings (SSSR count). The molecule has 1 atom stereocenters. The summed E-state index contributed by atoms with van der Waals surface area (Å²) in [7, 11) is 0. The molecule has 33 heavy (non-hydrogen) atoms. The van der Waals surface area contributed by atoms with Gasteiger partial charge in [0.1, 0.15) is 30.0 Å². The summed E-state index contributed by atoms with van der Waals surface area (Å²) in [5.41, 5.74) is 2.90. The molecular formula is C21H22ClF4N3O4. The second kappa shape index (κ2) is 11.0. The minimum atomic E-state index is -4.79. The number of aliphatic hydroxyl groups is 1. The summed E-state index contributed by atoms with van der Waals surface area (Å²) >= 11 is 5.62. The summed E-state index contributed by atoms with van der Waals surface area (Å²) in [5.74, 6) is -1.20. The highest BCUT2D eigenvalue weighted by atomic mass is 35.5. The number of carbonyl (C=O) groups is 1. The minimum absolute atomic E-state index is 0.0136. The molecule has 1 aliphatic rings. The first-order valence-electron chi connectivity index (χ1n) is 9.99. The van der Waals surface area contributed by atoms with Gasteiger partial charge in [-0.1, -0.05) is 11.6 Å². The molecule has 0 saturated carbocycles. The molecule has 2 aromatic carbocycles. The van der Waals surface area contributed by atoms with Gasteiger partial charge in [-0.2, -0.15) is 0 Å². The fraction of sp³-hybridized carbons (Fsp3) is 0.381. The van der Waals surface area contributed by atoms with Crippen LogP contribution in [0.2, 0.25) is 5.02 Å². The van der Waals surface area contributed by atoms with Crippen molar-refractivity contribution in [1.29, 1.82) is 0 Å². The molecule has 1 saturated heterocycles. The highest BCUT2D eigenvalue weighted by Gasteiger charge is 2.31. The van der Waals surface area contributed by atoms with Crippen LogP contribution >= 0.6 is 11.6 Å². The molecule has 0 bridgehead atoms. The number of hydrazine groups is 1. The lowest BCUT2D eigenvalue weighted by atomic mass is 10.2. The second-order valence-corrected chi connectivity index (χ2v) is 7.75. The quantitative estimate of drug-likeness (QED) is 0.553. The van der Waals surface area contributed by atoms with Crippen LogP contribution in [0.3, 0.4) is 0 Å². The molecule has 1 heterocycles. The lowest BCUT2D eigenvalue weighted by Gasteiger charge is -2.35. The van der Waals surface area contributed by atoms with Crippen molar-refractivity contribution in [1.82, 2.24) is 15.3 Å². The standard InChI is InChI=1S/C21H22ClF4N3O4/c22-18-6-5-17(11-19(18)23)32-13-15(30)12-28-7-9-29(10-8-28)27-20(31)14-1-3-16(4-2-14)33-21(24,25)26/h1-6,11,15,30H,7-10,12-13H2,(H,27,31)/t15-/m0/s1. The van der Waals surface area contributed by atoms with Crippen molar-refractivity contribution < 1.29 is 36.9 Å². The number of aliphatic hydroxyl groups excluding tert-OH is 1. The molecule has 7 nitrogen and oxygen atoms in total. The van der Waals surface area contributed by atoms with Gasteiger partial charge in [0.15, 0.2) is 0 Å². The van der Waals surface area contributed by atoms with Crippen LogP contribution in [0.15, 0.2) is 42.5 Å². The van der Waals surface area contributed by atoms with Crippen LogP contribution in [0.4, 0.5) is 17.6 Å². The number of β-amino-alcohol motifs (C(OH)–C–C–N with tert-alkyl or cyclic N) is 1. The van der Waals surface area contributed by atoms with Crippen molar-refractivity contribution in [2.75, 3.05) is 39.3 Å². The number of rotatable bonds is 8. The van der Waals surface area contributed by atoms with E-state index >= 15 is 0 Å². The third-order valence-electron chi connectivity index (χ3n) is 4.78. The van der Waals surface area contributed by atoms with Crippen molar-refractivity contribution in [2.24, 2.45) is 0 Å². The summed E-state index contributed by atoms with van der Waals surface area (Å²) in [6.45, 7) is 2.40. The normalized spacial score (nSPS) is 16.3. The maximum atomic E-state index is 13.4. The Labute approximate surface area is 192 Å². The van der Waals surface area contributed by atoms with Gasteiger partial charge in [0.05, 0.1) is 5.02 Å². The molecule has 0 unspecified atom stereocenters. The van der Waals surface area contributed by atoms with Crippen LogP contribution in [0.5, 0.6) is 11.5 Å². The van der Waals surface area contributed by atoms with Gasteiger partial charge in [-0.3, -0.25) is 15.1 Å². The molecule has 180 valence electrons. The van der Waals surface area contributed by atoms with E-state index in [-0.39, 0.29) is 22.9 Å². The predicted molar refractivity (Wildman–Crippen MR) is 112 cm³/mol. The molecule has 1 amide bonds. The van der Waals surface area contributed by atoms with Crippen LogP contribution in [0, 0.1) is 5.82 Å². The van der Waals surface area contributed by atoms with E-state index in [0.717, 1.165) is 18.2 Å². The summed E-state index contributed by atoms with van der Waals surface area (Å²) in [5, 5.41) is 11.9. The molecule has 12 heteroatoms. The average Bonchev–Trinajstić information content (AvgIpc) is 2.75. The Morgan fingerprint density at radius 3 is 2.33 bits per heavy atom. The van der Waals surface area contributed by atoms with Crippen molar-refractivity contribution in [3.05, 3.63) is 58.9 Å². The number of carbonyl (C=O) groups excluding carboxylic acids is 1. The van der Waals surface area contributed by atoms with Gasteiger partial charge < -0.3 is 14.6 Å². The number of nitrogens with one attached hydrogen (secondary N) is 1. The summed E-state index contributed by atoms with van der Waals surface area (Å²) in [6, 6.07) is 8.66. The largest absolute Gasteiger partial charge is 0.573 e. The SMILES string of the molecule is O=C(NN1CCN(C[C@H](O)COc2ccc(Cl)c(F)c2)CC1)c1ccc(OC(F)(F)F)cc1. The Morgan fingerprint density at radius 1 is 1.09 bits per heavy atom. The Bertz CT molecular complexity index is 938. The number of benzene rings is 2. The van der Waals surface area contributed by atoms with Gasteiger partial charge >= 0.3 is 6.36 Å². The van der Waals surface area contributed by atoms with E-state index in [0.29, 0.717) is 32.7 Å². The van der Waals surface area contributed by atoms with Gasteiger partial charge in [0.2, 0.25) is 0 Å². The predicted octanol–water partition coefficient (Wildman–Crippen LogP) is 3.08. The molecule has 0 spiro atoms. The lowest BCUT2D eigenvalue weighted by molar-refractivity contribution is -0.274. The molecule has 2 N–H and O–H groups in total. The Hall–Kier alpha value is -2.60. The Morgan fingerprint density at radius 2 is 1.73 bits per heavy atom. The zero-order chi connectivity index (χ0) is 24.0. The third-order valence-corrected chi connectivity index (χ3v) is 5.09. The van der Waals surface area contributed by atoms with E-state index in [2.05, 4.69) is 10.2 Å². The van der Waals surface area contributed by atoms with E-state index < -0.39 is 29.9 Å². The van der Waals surface area contributed by atoms with Crippen LogP contribution in [-0.4, -0.2) is 72.7 Å². The third kappa shape index (κ3) is 8.04. The number of halogens is 5. The Balaban J connectivity index is 1.38. The fourth-order valence-corrected chi connectivity index (χ4v) is 3.29. The number of hydrogen-bond acceptors (Lipinski definition) is 6. The molecule has 1 aliphatic heterocycles. The van der Waals surface area contributed by atoms with Crippen LogP contribution in [0.25, 0.3) is 0 Å². The van der Waals surface area contributed by atoms with Crippen molar-refractivity contribution in [3.8, 4) is 11.5 Å². The van der Waals surface area contributed by atoms with E-state index in [9.17, 15) is 27.5 Å². The number of hydrogen-bond donors (Lipinski definition) is 2. The van der Waals surface area contributed by atoms with E-state index in [1.54, 1.807) is 5.01 Å². The number of nitrogens with zero attached hydrogens (tertiary/aromatic N) is 2. The van der Waals surface area contributed by atoms with Crippen molar-refractivity contribution >= 4 is 17.5 Å². The number of alkyl halides is 3. The van der Waals surface area contributed by atoms with E-state index in [1.807, 2.05) is 4.90 Å². The Kier molecular flexibility index (Phi) is 8.35. The van der Waals surface area contributed by atoms with Crippen molar-refractivity contribution in [3.63, 3.8) is 0 Å². The molecule has 2 aromatic rings. The minimum Gasteiger partial charge on any atom is -0.491 e. The lowest BCUT2D eigenvalue weighted by Crippen LogP contribution is -2.54. The molecule has 0 radical (unpaired) electrons. The van der Waals surface area contributed by atoms with Gasteiger partial charge in [0, 0.05) is 44.4 Å². The number of piperazine rings is 1. The number of ether oxygens (including phenoxy) is 2. The van der Waals surface area contributed by atoms with Crippen LogP contribution in [-0.2, 0) is 0 Å². The van der Waals surface area contributed by atoms with Crippen LogP contribution < -0.4 is 14.9 Å². The second-order valence-electron chi connectivity index (χ2n) is 7.34. The summed E-state index contributed by atoms with van der Waals surface area (Å²) in [6.07, 6.45) is -5.60. The maximum Gasteiger partial charge on any atom is 0.573 e. The highest BCUT2D eigenvalue weighted by Crippen LogP contribution is 2.23. The van der Waals surface area contributed by atoms with Gasteiger partial charge in [-0.05, 0) is 36.4 Å². The monoisotopic (exact) mass is 491 g/mol. The summed E-state index contributed by atoms with van der Waals surface area (Å²) < 4.78 is 59.2. The first kappa shape index (κ1) is 25.0. The average molecular weight is 492 g/mol. The first-order valence-corrected chi connectivity index (χ1v) is 10.4. The van der Waals surface area contributed by atoms with Gasteiger partial charge in [-0.25, -0.2) is 9.40 Å². The molecular weight excluding hydrogens is 470 g/mol. The summed E-state index contributed by atoms with van der Waals surface area (Å²) in [4.78, 5) is 14.3. The fourth-order valence-electron chi connectivity index (χ4n) is 3.17. The van der Waals surface area contributed by atoms with Gasteiger partial charge in [-0.15, -0.1) is 13.2 Å². The van der Waals surface area contributed by atoms with Gasteiger partial charge in [0.25, 0.3) is 5.91 Å².